The molecular weight excluding hydrogens is 318 g/mol. The van der Waals surface area contributed by atoms with E-state index in [9.17, 15) is 0 Å². The van der Waals surface area contributed by atoms with Gasteiger partial charge in [0.05, 0.1) is 8.07 Å². The standard InChI is InChI=1S/C23H25NSi/c1-5-19-11-13-21(14-12-19)24(20-9-7-6-8-10-20)22-15-17-23(18-16-22)25(2,3)4/h5-18H,1H2,2-4H3. The lowest BCUT2D eigenvalue weighted by Gasteiger charge is -2.26. The van der Waals surface area contributed by atoms with Crippen molar-refractivity contribution in [3.8, 4) is 0 Å². The summed E-state index contributed by atoms with van der Waals surface area (Å²) in [7, 11) is -1.29. The zero-order valence-electron chi connectivity index (χ0n) is 15.2. The average molecular weight is 344 g/mol. The summed E-state index contributed by atoms with van der Waals surface area (Å²) >= 11 is 0. The Labute approximate surface area is 152 Å². The first kappa shape index (κ1) is 17.2. The van der Waals surface area contributed by atoms with Gasteiger partial charge in [0.25, 0.3) is 0 Å². The van der Waals surface area contributed by atoms with Gasteiger partial charge in [0, 0.05) is 17.1 Å². The van der Waals surface area contributed by atoms with Crippen LogP contribution in [0.5, 0.6) is 0 Å². The third-order valence-corrected chi connectivity index (χ3v) is 6.46. The van der Waals surface area contributed by atoms with Crippen molar-refractivity contribution in [1.82, 2.24) is 0 Å². The van der Waals surface area contributed by atoms with E-state index in [1.165, 1.54) is 10.9 Å². The lowest BCUT2D eigenvalue weighted by Crippen LogP contribution is -2.37. The molecular formula is C23H25NSi. The first-order valence-electron chi connectivity index (χ1n) is 8.67. The fourth-order valence-electron chi connectivity index (χ4n) is 2.89. The molecule has 0 bridgehead atoms. The van der Waals surface area contributed by atoms with Crippen molar-refractivity contribution in [2.45, 2.75) is 19.6 Å². The lowest BCUT2D eigenvalue weighted by atomic mass is 10.1. The Morgan fingerprint density at radius 1 is 0.680 bits per heavy atom. The Balaban J connectivity index is 2.06. The second-order valence-electron chi connectivity index (χ2n) is 7.26. The summed E-state index contributed by atoms with van der Waals surface area (Å²) in [5.41, 5.74) is 4.62. The molecule has 0 fully saturated rings. The lowest BCUT2D eigenvalue weighted by molar-refractivity contribution is 1.28. The van der Waals surface area contributed by atoms with Crippen LogP contribution in [0, 0.1) is 0 Å². The summed E-state index contributed by atoms with van der Waals surface area (Å²) in [5, 5.41) is 1.48. The Kier molecular flexibility index (Phi) is 4.91. The van der Waals surface area contributed by atoms with Gasteiger partial charge in [0.15, 0.2) is 0 Å². The smallest absolute Gasteiger partial charge is 0.0775 e. The highest BCUT2D eigenvalue weighted by atomic mass is 28.3. The molecule has 126 valence electrons. The molecule has 0 radical (unpaired) electrons. The molecule has 2 heteroatoms. The van der Waals surface area contributed by atoms with Gasteiger partial charge in [-0.2, -0.15) is 0 Å². The molecule has 1 nitrogen and oxygen atoms in total. The van der Waals surface area contributed by atoms with Gasteiger partial charge in [-0.1, -0.05) is 79.9 Å². The average Bonchev–Trinajstić information content (AvgIpc) is 2.63. The molecule has 0 aromatic heterocycles. The van der Waals surface area contributed by atoms with Crippen LogP contribution in [0.2, 0.25) is 19.6 Å². The van der Waals surface area contributed by atoms with Gasteiger partial charge in [0.2, 0.25) is 0 Å². The molecule has 3 aromatic carbocycles. The highest BCUT2D eigenvalue weighted by molar-refractivity contribution is 6.88. The number of benzene rings is 3. The molecule has 0 atom stereocenters. The second-order valence-corrected chi connectivity index (χ2v) is 12.3. The van der Waals surface area contributed by atoms with Gasteiger partial charge < -0.3 is 4.90 Å². The molecule has 0 saturated heterocycles. The zero-order chi connectivity index (χ0) is 17.9. The van der Waals surface area contributed by atoms with E-state index in [4.69, 9.17) is 0 Å². The van der Waals surface area contributed by atoms with Gasteiger partial charge in [0.1, 0.15) is 0 Å². The van der Waals surface area contributed by atoms with Crippen LogP contribution in [0.3, 0.4) is 0 Å². The quantitative estimate of drug-likeness (QED) is 0.488. The van der Waals surface area contributed by atoms with Crippen LogP contribution in [0.1, 0.15) is 5.56 Å². The number of nitrogens with zero attached hydrogens (tertiary/aromatic N) is 1. The fraction of sp³-hybridized carbons (Fsp3) is 0.130. The van der Waals surface area contributed by atoms with E-state index in [2.05, 4.69) is 110 Å². The number of para-hydroxylation sites is 1. The molecule has 0 aliphatic heterocycles. The largest absolute Gasteiger partial charge is 0.311 e. The van der Waals surface area contributed by atoms with Crippen molar-refractivity contribution in [3.05, 3.63) is 91.0 Å². The molecule has 0 aliphatic carbocycles. The first-order chi connectivity index (χ1) is 12.0. The fourth-order valence-corrected chi connectivity index (χ4v) is 4.06. The van der Waals surface area contributed by atoms with Crippen LogP contribution in [-0.4, -0.2) is 8.07 Å². The summed E-state index contributed by atoms with van der Waals surface area (Å²) in [6.45, 7) is 11.0. The monoisotopic (exact) mass is 343 g/mol. The van der Waals surface area contributed by atoms with Crippen molar-refractivity contribution in [3.63, 3.8) is 0 Å². The zero-order valence-corrected chi connectivity index (χ0v) is 16.2. The second kappa shape index (κ2) is 7.12. The van der Waals surface area contributed by atoms with E-state index in [0.29, 0.717) is 0 Å². The van der Waals surface area contributed by atoms with Gasteiger partial charge >= 0.3 is 0 Å². The minimum absolute atomic E-state index is 1.13. The van der Waals surface area contributed by atoms with Gasteiger partial charge in [-0.3, -0.25) is 0 Å². The summed E-state index contributed by atoms with van der Waals surface area (Å²) < 4.78 is 0. The van der Waals surface area contributed by atoms with Crippen molar-refractivity contribution < 1.29 is 0 Å². The Bertz CT molecular complexity index is 828. The van der Waals surface area contributed by atoms with Crippen LogP contribution in [0.25, 0.3) is 6.08 Å². The minimum atomic E-state index is -1.29. The number of hydrogen-bond donors (Lipinski definition) is 0. The van der Waals surface area contributed by atoms with E-state index in [1.807, 2.05) is 6.08 Å². The summed E-state index contributed by atoms with van der Waals surface area (Å²) in [5.74, 6) is 0. The maximum atomic E-state index is 3.84. The summed E-state index contributed by atoms with van der Waals surface area (Å²) in [6.07, 6.45) is 1.87. The highest BCUT2D eigenvalue weighted by Crippen LogP contribution is 2.34. The van der Waals surface area contributed by atoms with Crippen molar-refractivity contribution in [2.75, 3.05) is 4.90 Å². The Morgan fingerprint density at radius 2 is 1.16 bits per heavy atom. The van der Waals surface area contributed by atoms with Crippen LogP contribution in [-0.2, 0) is 0 Å². The van der Waals surface area contributed by atoms with E-state index >= 15 is 0 Å². The van der Waals surface area contributed by atoms with Crippen molar-refractivity contribution in [1.29, 1.82) is 0 Å². The highest BCUT2D eigenvalue weighted by Gasteiger charge is 2.17. The molecule has 3 aromatic rings. The molecule has 3 rings (SSSR count). The summed E-state index contributed by atoms with van der Waals surface area (Å²) in [6, 6.07) is 28.1. The van der Waals surface area contributed by atoms with E-state index in [0.717, 1.165) is 16.9 Å². The number of hydrogen-bond acceptors (Lipinski definition) is 1. The molecule has 0 N–H and O–H groups in total. The van der Waals surface area contributed by atoms with Crippen LogP contribution in [0.15, 0.2) is 85.4 Å². The maximum absolute atomic E-state index is 3.84. The van der Waals surface area contributed by atoms with Crippen molar-refractivity contribution >= 4 is 36.4 Å². The van der Waals surface area contributed by atoms with Gasteiger partial charge in [-0.15, -0.1) is 0 Å². The normalized spacial score (nSPS) is 11.2. The molecule has 0 heterocycles. The molecule has 25 heavy (non-hydrogen) atoms. The Hall–Kier alpha value is -2.58. The van der Waals surface area contributed by atoms with Crippen LogP contribution < -0.4 is 10.1 Å². The van der Waals surface area contributed by atoms with E-state index in [-0.39, 0.29) is 0 Å². The van der Waals surface area contributed by atoms with E-state index < -0.39 is 8.07 Å². The van der Waals surface area contributed by atoms with Crippen molar-refractivity contribution in [2.24, 2.45) is 0 Å². The minimum Gasteiger partial charge on any atom is -0.311 e. The maximum Gasteiger partial charge on any atom is 0.0775 e. The van der Waals surface area contributed by atoms with E-state index in [1.54, 1.807) is 0 Å². The molecule has 0 amide bonds. The number of rotatable bonds is 5. The molecule has 0 spiro atoms. The predicted molar refractivity (Wildman–Crippen MR) is 114 cm³/mol. The molecule has 0 saturated carbocycles. The third-order valence-electron chi connectivity index (χ3n) is 4.39. The van der Waals surface area contributed by atoms with Gasteiger partial charge in [-0.05, 0) is 42.0 Å². The number of anilines is 3. The predicted octanol–water partition coefficient (Wildman–Crippen LogP) is 6.34. The van der Waals surface area contributed by atoms with Crippen LogP contribution in [0.4, 0.5) is 17.1 Å². The first-order valence-corrected chi connectivity index (χ1v) is 12.2. The third kappa shape index (κ3) is 3.91. The Morgan fingerprint density at radius 3 is 1.64 bits per heavy atom. The molecule has 0 aliphatic rings. The van der Waals surface area contributed by atoms with Crippen LogP contribution >= 0.6 is 0 Å². The molecule has 0 unspecified atom stereocenters. The SMILES string of the molecule is C=Cc1ccc(N(c2ccccc2)c2ccc([Si](C)(C)C)cc2)cc1. The topological polar surface area (TPSA) is 3.24 Å². The van der Waals surface area contributed by atoms with Gasteiger partial charge in [-0.25, -0.2) is 0 Å². The summed E-state index contributed by atoms with van der Waals surface area (Å²) in [4.78, 5) is 2.29.